The molecule has 3 rings (SSSR count). The Morgan fingerprint density at radius 3 is 2.93 bits per heavy atom. The van der Waals surface area contributed by atoms with Crippen LogP contribution >= 0.6 is 0 Å². The summed E-state index contributed by atoms with van der Waals surface area (Å²) < 4.78 is 2.68. The molecule has 1 saturated carbocycles. The highest BCUT2D eigenvalue weighted by Gasteiger charge is 2.44. The Morgan fingerprint density at radius 1 is 1.14 bits per heavy atom. The van der Waals surface area contributed by atoms with Crippen molar-refractivity contribution in [2.45, 2.75) is 57.0 Å². The second-order valence-corrected chi connectivity index (χ2v) is 5.24. The summed E-state index contributed by atoms with van der Waals surface area (Å²) in [5, 5.41) is 0. The lowest BCUT2D eigenvalue weighted by Crippen LogP contribution is -2.50. The van der Waals surface area contributed by atoms with Crippen molar-refractivity contribution in [2.24, 2.45) is 11.7 Å². The zero-order valence-corrected chi connectivity index (χ0v) is 8.91. The smallest absolute Gasteiger partial charge is 0.169 e. The molecular formula is C12H21N2+. The van der Waals surface area contributed by atoms with E-state index in [-0.39, 0.29) is 0 Å². The van der Waals surface area contributed by atoms with Crippen molar-refractivity contribution in [3.63, 3.8) is 0 Å². The van der Waals surface area contributed by atoms with Gasteiger partial charge in [-0.25, -0.2) is 4.58 Å². The Balaban J connectivity index is 1.92. The van der Waals surface area contributed by atoms with Gasteiger partial charge in [0.15, 0.2) is 11.8 Å². The molecule has 3 aliphatic rings. The molecule has 0 aromatic carbocycles. The van der Waals surface area contributed by atoms with Gasteiger partial charge in [-0.2, -0.15) is 0 Å². The maximum Gasteiger partial charge on any atom is 0.169 e. The third-order valence-corrected chi connectivity index (χ3v) is 4.45. The topological polar surface area (TPSA) is 29.0 Å². The number of nitrogens with two attached hydrogens (primary N) is 1. The monoisotopic (exact) mass is 193 g/mol. The lowest BCUT2D eigenvalue weighted by molar-refractivity contribution is -0.577. The van der Waals surface area contributed by atoms with Crippen LogP contribution in [0.1, 0.15) is 44.9 Å². The highest BCUT2D eigenvalue weighted by atomic mass is 15.1. The molecule has 2 heterocycles. The standard InChI is InChI=1S/C12H21N2/c13-10-8-9-4-1-2-5-11(9)14-7-3-6-12(10)14/h9-11H,1-8,13H2/q+1/t9-,10-,11-/m1/s1. The molecule has 0 aromatic heterocycles. The molecule has 0 aromatic rings. The fraction of sp³-hybridized carbons (Fsp3) is 0.917. The molecule has 2 aliphatic heterocycles. The number of rotatable bonds is 0. The Kier molecular flexibility index (Phi) is 2.12. The van der Waals surface area contributed by atoms with E-state index in [0.29, 0.717) is 6.04 Å². The highest BCUT2D eigenvalue weighted by Crippen LogP contribution is 2.35. The Morgan fingerprint density at radius 2 is 2.00 bits per heavy atom. The second kappa shape index (κ2) is 3.34. The molecule has 2 heteroatoms. The van der Waals surface area contributed by atoms with Crippen LogP contribution in [0.15, 0.2) is 0 Å². The van der Waals surface area contributed by atoms with Gasteiger partial charge in [-0.05, 0) is 19.3 Å². The quantitative estimate of drug-likeness (QED) is 0.581. The van der Waals surface area contributed by atoms with Crippen molar-refractivity contribution in [3.05, 3.63) is 0 Å². The van der Waals surface area contributed by atoms with Gasteiger partial charge in [0, 0.05) is 25.2 Å². The van der Waals surface area contributed by atoms with Crippen LogP contribution < -0.4 is 5.73 Å². The summed E-state index contributed by atoms with van der Waals surface area (Å²) in [7, 11) is 0. The molecule has 0 unspecified atom stereocenters. The third-order valence-electron chi connectivity index (χ3n) is 4.45. The fourth-order valence-corrected chi connectivity index (χ4v) is 3.83. The molecule has 0 amide bonds. The van der Waals surface area contributed by atoms with Crippen LogP contribution in [-0.2, 0) is 0 Å². The molecule has 0 radical (unpaired) electrons. The molecule has 2 nitrogen and oxygen atoms in total. The van der Waals surface area contributed by atoms with Crippen molar-refractivity contribution < 1.29 is 4.58 Å². The van der Waals surface area contributed by atoms with Crippen LogP contribution in [0, 0.1) is 5.92 Å². The van der Waals surface area contributed by atoms with Gasteiger partial charge >= 0.3 is 0 Å². The minimum absolute atomic E-state index is 0.400. The van der Waals surface area contributed by atoms with Crippen molar-refractivity contribution >= 4 is 5.71 Å². The Hall–Kier alpha value is -0.370. The minimum Gasteiger partial charge on any atom is -0.319 e. The van der Waals surface area contributed by atoms with Gasteiger partial charge in [-0.3, -0.25) is 0 Å². The zero-order chi connectivity index (χ0) is 9.54. The first-order valence-corrected chi connectivity index (χ1v) is 6.24. The molecule has 0 saturated heterocycles. The van der Waals surface area contributed by atoms with Gasteiger partial charge < -0.3 is 5.73 Å². The van der Waals surface area contributed by atoms with Crippen LogP contribution in [0.2, 0.25) is 0 Å². The first-order valence-electron chi connectivity index (χ1n) is 6.24. The lowest BCUT2D eigenvalue weighted by Gasteiger charge is -2.34. The molecule has 14 heavy (non-hydrogen) atoms. The predicted octanol–water partition coefficient (Wildman–Crippen LogP) is 1.52. The number of fused-ring (bicyclic) bond motifs is 2. The van der Waals surface area contributed by atoms with E-state index < -0.39 is 0 Å². The Bertz CT molecular complexity index is 269. The second-order valence-electron chi connectivity index (χ2n) is 5.24. The fourth-order valence-electron chi connectivity index (χ4n) is 3.83. The summed E-state index contributed by atoms with van der Waals surface area (Å²) in [6.45, 7) is 1.30. The van der Waals surface area contributed by atoms with E-state index >= 15 is 0 Å². The van der Waals surface area contributed by atoms with E-state index in [1.807, 2.05) is 0 Å². The Labute approximate surface area is 86.2 Å². The van der Waals surface area contributed by atoms with Crippen molar-refractivity contribution in [3.8, 4) is 0 Å². The van der Waals surface area contributed by atoms with E-state index in [4.69, 9.17) is 5.73 Å². The molecule has 0 spiro atoms. The molecular weight excluding hydrogens is 172 g/mol. The highest BCUT2D eigenvalue weighted by molar-refractivity contribution is 5.86. The van der Waals surface area contributed by atoms with Crippen LogP contribution in [0.4, 0.5) is 0 Å². The van der Waals surface area contributed by atoms with Crippen molar-refractivity contribution in [2.75, 3.05) is 6.54 Å². The largest absolute Gasteiger partial charge is 0.319 e. The van der Waals surface area contributed by atoms with Gasteiger partial charge in [0.1, 0.15) is 6.54 Å². The molecule has 0 bridgehead atoms. The van der Waals surface area contributed by atoms with Gasteiger partial charge in [-0.1, -0.05) is 6.42 Å². The molecule has 3 atom stereocenters. The summed E-state index contributed by atoms with van der Waals surface area (Å²) in [4.78, 5) is 0. The first kappa shape index (κ1) is 8.90. The molecule has 2 N–H and O–H groups in total. The predicted molar refractivity (Wildman–Crippen MR) is 57.7 cm³/mol. The number of nitrogens with zero attached hydrogens (tertiary/aromatic N) is 1. The van der Waals surface area contributed by atoms with Gasteiger partial charge in [0.2, 0.25) is 0 Å². The van der Waals surface area contributed by atoms with Crippen LogP contribution in [0.25, 0.3) is 0 Å². The summed E-state index contributed by atoms with van der Waals surface area (Å²) in [5.74, 6) is 0.917. The van der Waals surface area contributed by atoms with Crippen molar-refractivity contribution in [1.29, 1.82) is 0 Å². The first-order chi connectivity index (χ1) is 6.86. The third kappa shape index (κ3) is 1.23. The SMILES string of the molecule is N[C@@H]1C[C@H]2CCCC[C@H]2[N+]2=C1CCC2. The normalized spacial score (nSPS) is 42.2. The number of hydrogen-bond acceptors (Lipinski definition) is 1. The van der Waals surface area contributed by atoms with E-state index in [0.717, 1.165) is 12.0 Å². The maximum absolute atomic E-state index is 6.25. The van der Waals surface area contributed by atoms with E-state index in [1.165, 1.54) is 51.5 Å². The van der Waals surface area contributed by atoms with Gasteiger partial charge in [0.05, 0.1) is 6.04 Å². The summed E-state index contributed by atoms with van der Waals surface area (Å²) in [6, 6.07) is 1.28. The van der Waals surface area contributed by atoms with E-state index in [2.05, 4.69) is 4.58 Å². The molecule has 1 aliphatic carbocycles. The number of hydrogen-bond donors (Lipinski definition) is 1. The van der Waals surface area contributed by atoms with Crippen LogP contribution in [-0.4, -0.2) is 28.9 Å². The minimum atomic E-state index is 0.400. The van der Waals surface area contributed by atoms with Crippen LogP contribution in [0.3, 0.4) is 0 Å². The molecule has 78 valence electrons. The van der Waals surface area contributed by atoms with Crippen LogP contribution in [0.5, 0.6) is 0 Å². The maximum atomic E-state index is 6.25. The summed E-state index contributed by atoms with van der Waals surface area (Å²) in [6.07, 6.45) is 9.66. The summed E-state index contributed by atoms with van der Waals surface area (Å²) >= 11 is 0. The molecule has 1 fully saturated rings. The average molecular weight is 193 g/mol. The average Bonchev–Trinajstić information content (AvgIpc) is 2.67. The lowest BCUT2D eigenvalue weighted by atomic mass is 9.77. The van der Waals surface area contributed by atoms with E-state index in [9.17, 15) is 0 Å². The van der Waals surface area contributed by atoms with Gasteiger partial charge in [0.25, 0.3) is 0 Å². The van der Waals surface area contributed by atoms with Crippen molar-refractivity contribution in [1.82, 2.24) is 0 Å². The van der Waals surface area contributed by atoms with Gasteiger partial charge in [-0.15, -0.1) is 0 Å². The zero-order valence-electron chi connectivity index (χ0n) is 8.91. The summed E-state index contributed by atoms with van der Waals surface area (Å²) in [5.41, 5.74) is 7.84. The van der Waals surface area contributed by atoms with E-state index in [1.54, 1.807) is 5.71 Å².